The van der Waals surface area contributed by atoms with E-state index in [1.54, 1.807) is 18.5 Å². The first-order valence-electron chi connectivity index (χ1n) is 9.45. The average Bonchev–Trinajstić information content (AvgIpc) is 2.68. The second-order valence-corrected chi connectivity index (χ2v) is 8.15. The van der Waals surface area contributed by atoms with Crippen LogP contribution >= 0.6 is 11.8 Å². The van der Waals surface area contributed by atoms with Gasteiger partial charge in [0, 0.05) is 36.0 Å². The molecule has 1 amide bonds. The number of nitrogens with one attached hydrogen (secondary N) is 3. The second kappa shape index (κ2) is 8.30. The molecule has 2 atom stereocenters. The normalized spacial score (nSPS) is 19.2. The quantitative estimate of drug-likeness (QED) is 0.436. The van der Waals surface area contributed by atoms with Gasteiger partial charge in [-0.3, -0.25) is 10.1 Å². The SMILES string of the molecule is Cc1cc(C)c2nc(NC3NC(=O)CC(CSc4ncccn4)N3)nc(C)c2c1. The Bertz CT molecular complexity index is 1040. The molecule has 2 unspecified atom stereocenters. The van der Waals surface area contributed by atoms with Gasteiger partial charge in [-0.25, -0.2) is 19.9 Å². The number of aryl methyl sites for hydroxylation is 3. The Kier molecular flexibility index (Phi) is 5.59. The molecule has 3 N–H and O–H groups in total. The van der Waals surface area contributed by atoms with E-state index in [2.05, 4.69) is 54.9 Å². The standard InChI is InChI=1S/C20H23N7OS/c1-11-7-12(2)17-15(8-11)13(3)23-18(26-17)27-19-24-14(9-16(28)25-19)10-29-20-21-5-4-6-22-20/h4-8,14,19,24H,9-10H2,1-3H3,(H,25,28)(H,23,26,27). The van der Waals surface area contributed by atoms with Crippen LogP contribution in [-0.2, 0) is 4.79 Å². The summed E-state index contributed by atoms with van der Waals surface area (Å²) in [5, 5.41) is 11.3. The Morgan fingerprint density at radius 1 is 1.17 bits per heavy atom. The number of thioether (sulfide) groups is 1. The third kappa shape index (κ3) is 4.63. The second-order valence-electron chi connectivity index (χ2n) is 7.17. The molecule has 29 heavy (non-hydrogen) atoms. The highest BCUT2D eigenvalue weighted by molar-refractivity contribution is 7.99. The van der Waals surface area contributed by atoms with Crippen molar-refractivity contribution in [1.29, 1.82) is 0 Å². The first-order chi connectivity index (χ1) is 14.0. The molecule has 8 nitrogen and oxygen atoms in total. The zero-order chi connectivity index (χ0) is 20.4. The lowest BCUT2D eigenvalue weighted by Gasteiger charge is -2.31. The summed E-state index contributed by atoms with van der Waals surface area (Å²) >= 11 is 1.52. The number of rotatable bonds is 5. The van der Waals surface area contributed by atoms with Crippen LogP contribution in [0.5, 0.6) is 0 Å². The predicted molar refractivity (Wildman–Crippen MR) is 114 cm³/mol. The summed E-state index contributed by atoms with van der Waals surface area (Å²) in [6, 6.07) is 5.98. The van der Waals surface area contributed by atoms with Crippen LogP contribution in [0.4, 0.5) is 5.95 Å². The van der Waals surface area contributed by atoms with E-state index in [0.717, 1.165) is 22.2 Å². The van der Waals surface area contributed by atoms with Gasteiger partial charge in [0.2, 0.25) is 11.9 Å². The molecule has 150 valence electrons. The molecule has 2 aromatic heterocycles. The van der Waals surface area contributed by atoms with Gasteiger partial charge >= 0.3 is 0 Å². The van der Waals surface area contributed by atoms with E-state index in [-0.39, 0.29) is 11.9 Å². The summed E-state index contributed by atoms with van der Waals surface area (Å²) in [5.74, 6) is 1.15. The topological polar surface area (TPSA) is 105 Å². The van der Waals surface area contributed by atoms with Crippen molar-refractivity contribution in [2.45, 2.75) is 44.7 Å². The van der Waals surface area contributed by atoms with Crippen LogP contribution in [0.2, 0.25) is 0 Å². The molecular weight excluding hydrogens is 386 g/mol. The number of carbonyl (C=O) groups excluding carboxylic acids is 1. The molecule has 1 aromatic carbocycles. The number of aromatic nitrogens is 4. The molecule has 0 aliphatic carbocycles. The number of anilines is 1. The minimum absolute atomic E-state index is 0.0130. The maximum atomic E-state index is 12.2. The summed E-state index contributed by atoms with van der Waals surface area (Å²) in [7, 11) is 0. The maximum Gasteiger partial charge on any atom is 0.226 e. The number of nitrogens with zero attached hydrogens (tertiary/aromatic N) is 4. The molecule has 1 aliphatic heterocycles. The molecular formula is C20H23N7OS. The highest BCUT2D eigenvalue weighted by atomic mass is 32.2. The van der Waals surface area contributed by atoms with Gasteiger partial charge in [0.15, 0.2) is 11.4 Å². The lowest BCUT2D eigenvalue weighted by molar-refractivity contribution is -0.123. The fourth-order valence-corrected chi connectivity index (χ4v) is 4.26. The van der Waals surface area contributed by atoms with Crippen molar-refractivity contribution in [3.05, 3.63) is 47.4 Å². The molecule has 0 bridgehead atoms. The number of fused-ring (bicyclic) bond motifs is 1. The van der Waals surface area contributed by atoms with Gasteiger partial charge in [0.1, 0.15) is 0 Å². The molecule has 1 aliphatic rings. The van der Waals surface area contributed by atoms with Crippen molar-refractivity contribution in [2.24, 2.45) is 0 Å². The molecule has 3 heterocycles. The highest BCUT2D eigenvalue weighted by Crippen LogP contribution is 2.23. The van der Waals surface area contributed by atoms with E-state index in [1.807, 2.05) is 13.8 Å². The van der Waals surface area contributed by atoms with Gasteiger partial charge in [-0.05, 0) is 38.5 Å². The van der Waals surface area contributed by atoms with Crippen molar-refractivity contribution in [2.75, 3.05) is 11.1 Å². The van der Waals surface area contributed by atoms with Crippen LogP contribution in [0, 0.1) is 20.8 Å². The summed E-state index contributed by atoms with van der Waals surface area (Å²) in [5.41, 5.74) is 4.11. The summed E-state index contributed by atoms with van der Waals surface area (Å²) in [4.78, 5) is 29.9. The van der Waals surface area contributed by atoms with Crippen LogP contribution in [-0.4, -0.2) is 43.9 Å². The van der Waals surface area contributed by atoms with Crippen molar-refractivity contribution >= 4 is 34.5 Å². The molecule has 9 heteroatoms. The molecule has 0 spiro atoms. The molecule has 4 rings (SSSR count). The molecule has 1 saturated heterocycles. The van der Waals surface area contributed by atoms with Crippen molar-refractivity contribution in [3.63, 3.8) is 0 Å². The van der Waals surface area contributed by atoms with Crippen molar-refractivity contribution in [1.82, 2.24) is 30.6 Å². The Labute approximate surface area is 173 Å². The highest BCUT2D eigenvalue weighted by Gasteiger charge is 2.26. The number of benzene rings is 1. The summed E-state index contributed by atoms with van der Waals surface area (Å²) < 4.78 is 0. The fraction of sp³-hybridized carbons (Fsp3) is 0.350. The van der Waals surface area contributed by atoms with Crippen LogP contribution in [0.25, 0.3) is 10.9 Å². The lowest BCUT2D eigenvalue weighted by atomic mass is 10.1. The van der Waals surface area contributed by atoms with Crippen LogP contribution in [0.3, 0.4) is 0 Å². The number of hydrogen-bond donors (Lipinski definition) is 3. The van der Waals surface area contributed by atoms with Crippen LogP contribution in [0.15, 0.2) is 35.7 Å². The van der Waals surface area contributed by atoms with Gasteiger partial charge in [-0.15, -0.1) is 0 Å². The van der Waals surface area contributed by atoms with E-state index in [4.69, 9.17) is 0 Å². The number of carbonyl (C=O) groups is 1. The largest absolute Gasteiger partial charge is 0.323 e. The van der Waals surface area contributed by atoms with Crippen LogP contribution in [0.1, 0.15) is 23.2 Å². The van der Waals surface area contributed by atoms with E-state index in [1.165, 1.54) is 17.3 Å². The van der Waals surface area contributed by atoms with E-state index in [0.29, 0.717) is 23.3 Å². The van der Waals surface area contributed by atoms with E-state index < -0.39 is 6.29 Å². The van der Waals surface area contributed by atoms with Gasteiger partial charge in [-0.2, -0.15) is 0 Å². The zero-order valence-corrected chi connectivity index (χ0v) is 17.4. The van der Waals surface area contributed by atoms with Crippen molar-refractivity contribution < 1.29 is 4.79 Å². The fourth-order valence-electron chi connectivity index (χ4n) is 3.43. The Morgan fingerprint density at radius 2 is 1.97 bits per heavy atom. The van der Waals surface area contributed by atoms with E-state index in [9.17, 15) is 4.79 Å². The average molecular weight is 410 g/mol. The molecule has 0 radical (unpaired) electrons. The Balaban J connectivity index is 1.47. The summed E-state index contributed by atoms with van der Waals surface area (Å²) in [6.45, 7) is 6.09. The van der Waals surface area contributed by atoms with Gasteiger partial charge in [0.25, 0.3) is 0 Å². The number of hydrogen-bond acceptors (Lipinski definition) is 8. The van der Waals surface area contributed by atoms with Gasteiger partial charge in [-0.1, -0.05) is 23.4 Å². The first kappa shape index (κ1) is 19.5. The van der Waals surface area contributed by atoms with Crippen molar-refractivity contribution in [3.8, 4) is 0 Å². The lowest BCUT2D eigenvalue weighted by Crippen LogP contribution is -2.60. The van der Waals surface area contributed by atoms with E-state index >= 15 is 0 Å². The maximum absolute atomic E-state index is 12.2. The van der Waals surface area contributed by atoms with Gasteiger partial charge < -0.3 is 10.6 Å². The smallest absolute Gasteiger partial charge is 0.226 e. The van der Waals surface area contributed by atoms with Gasteiger partial charge in [0.05, 0.1) is 11.2 Å². The molecule has 0 saturated carbocycles. The molecule has 3 aromatic rings. The minimum Gasteiger partial charge on any atom is -0.323 e. The summed E-state index contributed by atoms with van der Waals surface area (Å²) in [6.07, 6.45) is 3.38. The number of amides is 1. The zero-order valence-electron chi connectivity index (χ0n) is 16.6. The third-order valence-corrected chi connectivity index (χ3v) is 5.73. The molecule has 1 fully saturated rings. The predicted octanol–water partition coefficient (Wildman–Crippen LogP) is 2.31. The third-order valence-electron chi connectivity index (χ3n) is 4.69. The Hall–Kier alpha value is -2.78. The monoisotopic (exact) mass is 409 g/mol. The first-order valence-corrected chi connectivity index (χ1v) is 10.4. The minimum atomic E-state index is -0.443. The Morgan fingerprint density at radius 3 is 2.76 bits per heavy atom. The van der Waals surface area contributed by atoms with Crippen LogP contribution < -0.4 is 16.0 Å².